The third-order valence-corrected chi connectivity index (χ3v) is 2.52. The number of hydrogen-bond acceptors (Lipinski definition) is 2. The fraction of sp³-hybridized carbons (Fsp3) is 0.308. The molecule has 4 heteroatoms. The van der Waals surface area contributed by atoms with Gasteiger partial charge in [0.05, 0.1) is 0 Å². The molecule has 0 aliphatic carbocycles. The lowest BCUT2D eigenvalue weighted by molar-refractivity contribution is 0.0946. The van der Waals surface area contributed by atoms with Gasteiger partial charge in [-0.25, -0.2) is 0 Å². The first kappa shape index (κ1) is 11.7. The van der Waals surface area contributed by atoms with Crippen molar-refractivity contribution in [1.82, 2.24) is 10.3 Å². The summed E-state index contributed by atoms with van der Waals surface area (Å²) in [5.41, 5.74) is 7.10. The van der Waals surface area contributed by atoms with Crippen molar-refractivity contribution in [3.8, 4) is 0 Å². The van der Waals surface area contributed by atoms with Gasteiger partial charge in [0.2, 0.25) is 0 Å². The summed E-state index contributed by atoms with van der Waals surface area (Å²) < 4.78 is 0. The number of aromatic nitrogens is 1. The molecule has 4 nitrogen and oxygen atoms in total. The normalized spacial score (nSPS) is 11.7. The maximum absolute atomic E-state index is 11.9. The van der Waals surface area contributed by atoms with Gasteiger partial charge in [0.25, 0.3) is 5.91 Å². The van der Waals surface area contributed by atoms with Crippen molar-refractivity contribution in [3.63, 3.8) is 0 Å². The van der Waals surface area contributed by atoms with E-state index >= 15 is 0 Å². The van der Waals surface area contributed by atoms with E-state index in [1.54, 1.807) is 6.07 Å². The van der Waals surface area contributed by atoms with E-state index < -0.39 is 5.54 Å². The van der Waals surface area contributed by atoms with Gasteiger partial charge in [-0.2, -0.15) is 0 Å². The van der Waals surface area contributed by atoms with Crippen LogP contribution in [0.3, 0.4) is 0 Å². The van der Waals surface area contributed by atoms with Crippen molar-refractivity contribution in [2.75, 3.05) is 6.54 Å². The molecular formula is C13H17N3O. The van der Waals surface area contributed by atoms with Crippen molar-refractivity contribution < 1.29 is 4.79 Å². The minimum Gasteiger partial charge on any atom is -0.361 e. The van der Waals surface area contributed by atoms with Gasteiger partial charge >= 0.3 is 0 Å². The van der Waals surface area contributed by atoms with E-state index in [-0.39, 0.29) is 5.91 Å². The molecule has 0 atom stereocenters. The van der Waals surface area contributed by atoms with E-state index in [1.807, 2.05) is 38.2 Å². The summed E-state index contributed by atoms with van der Waals surface area (Å²) in [6.45, 7) is 4.21. The predicted molar refractivity (Wildman–Crippen MR) is 68.9 cm³/mol. The number of hydrogen-bond donors (Lipinski definition) is 3. The molecule has 2 rings (SSSR count). The number of amides is 1. The molecule has 17 heavy (non-hydrogen) atoms. The minimum atomic E-state index is -0.395. The Morgan fingerprint density at radius 1 is 1.41 bits per heavy atom. The van der Waals surface area contributed by atoms with Gasteiger partial charge < -0.3 is 16.0 Å². The summed E-state index contributed by atoms with van der Waals surface area (Å²) >= 11 is 0. The molecule has 0 aliphatic heterocycles. The Kier molecular flexibility index (Phi) is 2.90. The number of carbonyl (C=O) groups excluding carboxylic acids is 1. The van der Waals surface area contributed by atoms with Gasteiger partial charge in [0.15, 0.2) is 0 Å². The van der Waals surface area contributed by atoms with Crippen molar-refractivity contribution in [2.24, 2.45) is 5.73 Å². The molecule has 1 aromatic heterocycles. The Bertz CT molecular complexity index is 537. The maximum Gasteiger partial charge on any atom is 0.251 e. The lowest BCUT2D eigenvalue weighted by atomic mass is 10.1. The first-order chi connectivity index (χ1) is 7.96. The Hall–Kier alpha value is -1.81. The molecule has 0 spiro atoms. The Morgan fingerprint density at radius 2 is 2.18 bits per heavy atom. The largest absolute Gasteiger partial charge is 0.361 e. The number of aromatic amines is 1. The van der Waals surface area contributed by atoms with Crippen LogP contribution in [0.5, 0.6) is 0 Å². The Balaban J connectivity index is 2.13. The summed E-state index contributed by atoms with van der Waals surface area (Å²) in [4.78, 5) is 15.0. The molecule has 4 N–H and O–H groups in total. The standard InChI is InChI=1S/C13H17N3O/c1-13(2,14)8-16-12(17)10-3-4-11-9(7-10)5-6-15-11/h3-7,15H,8,14H2,1-2H3,(H,16,17). The molecule has 0 radical (unpaired) electrons. The number of H-pyrrole nitrogens is 1. The third-order valence-electron chi connectivity index (χ3n) is 2.52. The number of carbonyl (C=O) groups is 1. The van der Waals surface area contributed by atoms with Gasteiger partial charge in [-0.15, -0.1) is 0 Å². The van der Waals surface area contributed by atoms with Crippen LogP contribution >= 0.6 is 0 Å². The van der Waals surface area contributed by atoms with Crippen LogP contribution in [0.15, 0.2) is 30.5 Å². The summed E-state index contributed by atoms with van der Waals surface area (Å²) in [6.07, 6.45) is 1.86. The molecule has 2 aromatic rings. The highest BCUT2D eigenvalue weighted by atomic mass is 16.1. The maximum atomic E-state index is 11.9. The van der Waals surface area contributed by atoms with Crippen LogP contribution in [0, 0.1) is 0 Å². The van der Waals surface area contributed by atoms with Crippen molar-refractivity contribution in [2.45, 2.75) is 19.4 Å². The lowest BCUT2D eigenvalue weighted by Gasteiger charge is -2.18. The molecule has 0 saturated carbocycles. The summed E-state index contributed by atoms with van der Waals surface area (Å²) in [7, 11) is 0. The average molecular weight is 231 g/mol. The lowest BCUT2D eigenvalue weighted by Crippen LogP contribution is -2.45. The zero-order valence-corrected chi connectivity index (χ0v) is 10.1. The van der Waals surface area contributed by atoms with Gasteiger partial charge in [-0.3, -0.25) is 4.79 Å². The minimum absolute atomic E-state index is 0.0911. The fourth-order valence-corrected chi connectivity index (χ4v) is 1.60. The van der Waals surface area contributed by atoms with E-state index in [0.717, 1.165) is 10.9 Å². The Morgan fingerprint density at radius 3 is 2.88 bits per heavy atom. The second-order valence-corrected chi connectivity index (χ2v) is 4.95. The zero-order valence-electron chi connectivity index (χ0n) is 10.1. The highest BCUT2D eigenvalue weighted by molar-refractivity contribution is 5.98. The van der Waals surface area contributed by atoms with E-state index in [1.165, 1.54) is 0 Å². The molecule has 1 aromatic carbocycles. The molecule has 0 unspecified atom stereocenters. The van der Waals surface area contributed by atoms with E-state index in [0.29, 0.717) is 12.1 Å². The molecular weight excluding hydrogens is 214 g/mol. The molecule has 0 fully saturated rings. The molecule has 0 aliphatic rings. The number of rotatable bonds is 3. The number of fused-ring (bicyclic) bond motifs is 1. The van der Waals surface area contributed by atoms with E-state index in [4.69, 9.17) is 5.73 Å². The average Bonchev–Trinajstić information content (AvgIpc) is 2.71. The number of benzene rings is 1. The zero-order chi connectivity index (χ0) is 12.5. The van der Waals surface area contributed by atoms with E-state index in [9.17, 15) is 4.79 Å². The predicted octanol–water partition coefficient (Wildman–Crippen LogP) is 1.63. The van der Waals surface area contributed by atoms with Crippen LogP contribution in [0.2, 0.25) is 0 Å². The third kappa shape index (κ3) is 2.85. The molecule has 0 bridgehead atoms. The van der Waals surface area contributed by atoms with Gasteiger partial charge in [0.1, 0.15) is 0 Å². The van der Waals surface area contributed by atoms with Crippen molar-refractivity contribution in [3.05, 3.63) is 36.0 Å². The van der Waals surface area contributed by atoms with Crippen LogP contribution in [0.25, 0.3) is 10.9 Å². The monoisotopic (exact) mass is 231 g/mol. The quantitative estimate of drug-likeness (QED) is 0.751. The smallest absolute Gasteiger partial charge is 0.251 e. The van der Waals surface area contributed by atoms with Gasteiger partial charge in [-0.05, 0) is 38.1 Å². The fourth-order valence-electron chi connectivity index (χ4n) is 1.60. The van der Waals surface area contributed by atoms with Gasteiger partial charge in [0, 0.05) is 34.7 Å². The second kappa shape index (κ2) is 4.22. The summed E-state index contributed by atoms with van der Waals surface area (Å²) in [5.74, 6) is -0.0911. The van der Waals surface area contributed by atoms with Crippen molar-refractivity contribution >= 4 is 16.8 Å². The van der Waals surface area contributed by atoms with E-state index in [2.05, 4.69) is 10.3 Å². The molecule has 0 saturated heterocycles. The van der Waals surface area contributed by atoms with Crippen LogP contribution in [-0.2, 0) is 0 Å². The number of nitrogens with two attached hydrogens (primary N) is 1. The second-order valence-electron chi connectivity index (χ2n) is 4.95. The SMILES string of the molecule is CC(C)(N)CNC(=O)c1ccc2[nH]ccc2c1. The topological polar surface area (TPSA) is 70.9 Å². The van der Waals surface area contributed by atoms with Crippen LogP contribution in [0.1, 0.15) is 24.2 Å². The van der Waals surface area contributed by atoms with Crippen LogP contribution in [-0.4, -0.2) is 23.0 Å². The number of nitrogens with one attached hydrogen (secondary N) is 2. The summed E-state index contributed by atoms with van der Waals surface area (Å²) in [6, 6.07) is 7.51. The van der Waals surface area contributed by atoms with Crippen LogP contribution < -0.4 is 11.1 Å². The van der Waals surface area contributed by atoms with Crippen molar-refractivity contribution in [1.29, 1.82) is 0 Å². The summed E-state index contributed by atoms with van der Waals surface area (Å²) in [5, 5.41) is 3.85. The molecule has 90 valence electrons. The first-order valence-corrected chi connectivity index (χ1v) is 5.60. The molecule has 1 amide bonds. The molecule has 1 heterocycles. The van der Waals surface area contributed by atoms with Gasteiger partial charge in [-0.1, -0.05) is 0 Å². The highest BCUT2D eigenvalue weighted by Crippen LogP contribution is 2.14. The highest BCUT2D eigenvalue weighted by Gasteiger charge is 2.13. The van der Waals surface area contributed by atoms with Crippen LogP contribution in [0.4, 0.5) is 0 Å². The first-order valence-electron chi connectivity index (χ1n) is 5.60. The Labute approximate surface area is 100 Å².